The van der Waals surface area contributed by atoms with Gasteiger partial charge in [-0.25, -0.2) is 4.79 Å². The number of hydrogen-bond acceptors (Lipinski definition) is 6. The van der Waals surface area contributed by atoms with E-state index in [1.54, 1.807) is 30.3 Å². The van der Waals surface area contributed by atoms with Crippen LogP contribution in [0.4, 0.5) is 5.69 Å². The van der Waals surface area contributed by atoms with Crippen LogP contribution in [0.15, 0.2) is 36.0 Å². The summed E-state index contributed by atoms with van der Waals surface area (Å²) in [6.45, 7) is 0. The number of nitrogens with one attached hydrogen (secondary N) is 2. The lowest BCUT2D eigenvalue weighted by Gasteiger charge is -2.12. The van der Waals surface area contributed by atoms with Crippen LogP contribution in [0.1, 0.15) is 6.42 Å². The first-order chi connectivity index (χ1) is 11.5. The average molecular weight is 349 g/mol. The van der Waals surface area contributed by atoms with E-state index in [4.69, 9.17) is 15.1 Å². The average Bonchev–Trinajstić information content (AvgIpc) is 2.58. The number of thioether (sulfide) groups is 1. The van der Waals surface area contributed by atoms with Gasteiger partial charge >= 0.3 is 5.97 Å². The molecule has 1 rings (SSSR count). The Balaban J connectivity index is 2.73. The lowest BCUT2D eigenvalue weighted by atomic mass is 10.2. The molecule has 8 heteroatoms. The molecular weight excluding hydrogens is 330 g/mol. The van der Waals surface area contributed by atoms with E-state index >= 15 is 0 Å². The molecular formula is C16H19N3O4S. The van der Waals surface area contributed by atoms with E-state index in [1.165, 1.54) is 18.9 Å². The van der Waals surface area contributed by atoms with Crippen LogP contribution in [0.25, 0.3) is 0 Å². The molecule has 1 aromatic carbocycles. The van der Waals surface area contributed by atoms with Crippen LogP contribution in [0.2, 0.25) is 0 Å². The maximum atomic E-state index is 12.1. The molecule has 3 N–H and O–H groups in total. The van der Waals surface area contributed by atoms with Crippen molar-refractivity contribution in [3.8, 4) is 11.8 Å². The topological polar surface area (TPSA) is 111 Å². The molecule has 0 aliphatic heterocycles. The van der Waals surface area contributed by atoms with Crippen molar-refractivity contribution in [3.05, 3.63) is 36.0 Å². The van der Waals surface area contributed by atoms with Crippen LogP contribution in [-0.4, -0.2) is 42.1 Å². The molecule has 0 aliphatic rings. The van der Waals surface area contributed by atoms with Crippen molar-refractivity contribution in [3.63, 3.8) is 0 Å². The summed E-state index contributed by atoms with van der Waals surface area (Å²) in [4.78, 5) is 23.2. The molecule has 128 valence electrons. The number of methoxy groups -OCH3 is 1. The second-order valence-corrected chi connectivity index (χ2v) is 5.68. The van der Waals surface area contributed by atoms with Gasteiger partial charge < -0.3 is 20.5 Å². The maximum Gasteiger partial charge on any atom is 0.326 e. The molecule has 1 unspecified atom stereocenters. The number of nitrogens with zero attached hydrogens (tertiary/aromatic N) is 1. The number of carbonyl (C=O) groups is 2. The van der Waals surface area contributed by atoms with Crippen molar-refractivity contribution in [2.45, 2.75) is 12.5 Å². The molecule has 1 amide bonds. The fourth-order valence-corrected chi connectivity index (χ4v) is 2.19. The molecule has 1 aromatic rings. The van der Waals surface area contributed by atoms with Crippen molar-refractivity contribution in [1.29, 1.82) is 5.26 Å². The van der Waals surface area contributed by atoms with Gasteiger partial charge in [0.2, 0.25) is 0 Å². The normalized spacial score (nSPS) is 12.0. The summed E-state index contributed by atoms with van der Waals surface area (Å²) in [7, 11) is 1.53. The number of hydrogen-bond donors (Lipinski definition) is 3. The zero-order chi connectivity index (χ0) is 17.9. The van der Waals surface area contributed by atoms with Crippen LogP contribution in [0.5, 0.6) is 5.75 Å². The second-order valence-electron chi connectivity index (χ2n) is 4.69. The molecule has 0 aromatic heterocycles. The predicted molar refractivity (Wildman–Crippen MR) is 92.9 cm³/mol. The first-order valence-electron chi connectivity index (χ1n) is 7.05. The van der Waals surface area contributed by atoms with Crippen molar-refractivity contribution < 1.29 is 19.4 Å². The molecule has 0 fully saturated rings. The molecule has 0 radical (unpaired) electrons. The third-order valence-corrected chi connectivity index (χ3v) is 3.69. The van der Waals surface area contributed by atoms with Gasteiger partial charge in [0.25, 0.3) is 5.91 Å². The molecule has 1 atom stereocenters. The Kier molecular flexibility index (Phi) is 8.22. The number of amides is 1. The quantitative estimate of drug-likeness (QED) is 0.461. The van der Waals surface area contributed by atoms with Crippen molar-refractivity contribution in [1.82, 2.24) is 5.32 Å². The van der Waals surface area contributed by atoms with E-state index in [0.29, 0.717) is 23.6 Å². The smallest absolute Gasteiger partial charge is 0.326 e. The van der Waals surface area contributed by atoms with Crippen LogP contribution < -0.4 is 15.4 Å². The molecule has 0 spiro atoms. The highest BCUT2D eigenvalue weighted by molar-refractivity contribution is 7.98. The van der Waals surface area contributed by atoms with Crippen LogP contribution in [0, 0.1) is 11.3 Å². The summed E-state index contributed by atoms with van der Waals surface area (Å²) in [5.41, 5.74) is 0.292. The fraction of sp³-hybridized carbons (Fsp3) is 0.312. The predicted octanol–water partition coefficient (Wildman–Crippen LogP) is 1.84. The zero-order valence-corrected chi connectivity index (χ0v) is 14.2. The van der Waals surface area contributed by atoms with Crippen molar-refractivity contribution in [2.24, 2.45) is 0 Å². The number of aliphatic carboxylic acids is 1. The number of rotatable bonds is 9. The molecule has 7 nitrogen and oxygen atoms in total. The highest BCUT2D eigenvalue weighted by atomic mass is 32.2. The molecule has 24 heavy (non-hydrogen) atoms. The summed E-state index contributed by atoms with van der Waals surface area (Å²) in [6, 6.07) is 7.53. The number of ether oxygens (including phenoxy) is 1. The van der Waals surface area contributed by atoms with Crippen LogP contribution in [0.3, 0.4) is 0 Å². The number of carboxylic acids is 1. The molecule has 0 heterocycles. The number of carboxylic acid groups (broad SMARTS) is 1. The fourth-order valence-electron chi connectivity index (χ4n) is 1.72. The lowest BCUT2D eigenvalue weighted by molar-refractivity contribution is -0.139. The maximum absolute atomic E-state index is 12.1. The standard InChI is InChI=1S/C16H19N3O4S/c1-23-13-5-3-12(4-6-13)19-15(20)11(9-17)10-18-14(16(21)22)7-8-24-2/h3-6,10,14,18H,7-8H2,1-2H3,(H,19,20)(H,21,22)/b11-10-. The molecule has 0 saturated carbocycles. The minimum atomic E-state index is -1.03. The Labute approximate surface area is 144 Å². The Morgan fingerprint density at radius 3 is 2.58 bits per heavy atom. The summed E-state index contributed by atoms with van der Waals surface area (Å²) in [5, 5.41) is 23.4. The van der Waals surface area contributed by atoms with Gasteiger partial charge in [-0.3, -0.25) is 4.79 Å². The molecule has 0 aliphatic carbocycles. The summed E-state index contributed by atoms with van der Waals surface area (Å²) in [5.74, 6) is -0.362. The lowest BCUT2D eigenvalue weighted by Crippen LogP contribution is -2.34. The first-order valence-corrected chi connectivity index (χ1v) is 8.44. The van der Waals surface area contributed by atoms with E-state index < -0.39 is 17.9 Å². The van der Waals surface area contributed by atoms with Crippen molar-refractivity contribution >= 4 is 29.3 Å². The third-order valence-electron chi connectivity index (χ3n) is 3.05. The number of carbonyl (C=O) groups excluding carboxylic acids is 1. The van der Waals surface area contributed by atoms with Gasteiger partial charge in [-0.15, -0.1) is 0 Å². The number of benzene rings is 1. The third kappa shape index (κ3) is 6.22. The van der Waals surface area contributed by atoms with Crippen molar-refractivity contribution in [2.75, 3.05) is 24.4 Å². The zero-order valence-electron chi connectivity index (χ0n) is 13.4. The van der Waals surface area contributed by atoms with Gasteiger partial charge in [-0.1, -0.05) is 0 Å². The Morgan fingerprint density at radius 1 is 1.42 bits per heavy atom. The van der Waals surface area contributed by atoms with Gasteiger partial charge in [-0.2, -0.15) is 17.0 Å². The SMILES string of the molecule is COc1ccc(NC(=O)/C(C#N)=C\NC(CCSC)C(=O)O)cc1. The van der Waals surface area contributed by atoms with Crippen LogP contribution >= 0.6 is 11.8 Å². The van der Waals surface area contributed by atoms with E-state index in [2.05, 4.69) is 10.6 Å². The molecule has 0 bridgehead atoms. The Bertz CT molecular complexity index is 638. The largest absolute Gasteiger partial charge is 0.497 e. The van der Waals surface area contributed by atoms with Gasteiger partial charge in [0.05, 0.1) is 7.11 Å². The van der Waals surface area contributed by atoms with E-state index in [9.17, 15) is 9.59 Å². The van der Waals surface area contributed by atoms with Gasteiger partial charge in [-0.05, 0) is 42.7 Å². The number of anilines is 1. The van der Waals surface area contributed by atoms with E-state index in [1.807, 2.05) is 6.26 Å². The highest BCUT2D eigenvalue weighted by Gasteiger charge is 2.16. The number of nitriles is 1. The Morgan fingerprint density at radius 2 is 2.08 bits per heavy atom. The Hall–Kier alpha value is -2.66. The minimum absolute atomic E-state index is 0.207. The van der Waals surface area contributed by atoms with E-state index in [0.717, 1.165) is 6.20 Å². The van der Waals surface area contributed by atoms with Gasteiger partial charge in [0.15, 0.2) is 0 Å². The van der Waals surface area contributed by atoms with Gasteiger partial charge in [0.1, 0.15) is 23.4 Å². The summed E-state index contributed by atoms with van der Waals surface area (Å²) < 4.78 is 5.02. The van der Waals surface area contributed by atoms with Crippen LogP contribution in [-0.2, 0) is 9.59 Å². The van der Waals surface area contributed by atoms with E-state index in [-0.39, 0.29) is 5.57 Å². The first kappa shape index (κ1) is 19.4. The summed E-state index contributed by atoms with van der Waals surface area (Å²) in [6.07, 6.45) is 3.39. The molecule has 0 saturated heterocycles. The monoisotopic (exact) mass is 349 g/mol. The highest BCUT2D eigenvalue weighted by Crippen LogP contribution is 2.15. The minimum Gasteiger partial charge on any atom is -0.497 e. The second kappa shape index (κ2) is 10.2. The van der Waals surface area contributed by atoms with Gasteiger partial charge in [0, 0.05) is 11.9 Å². The summed E-state index contributed by atoms with van der Waals surface area (Å²) >= 11 is 1.52.